The fraction of sp³-hybridized carbons (Fsp3) is 0.333. The van der Waals surface area contributed by atoms with E-state index in [-0.39, 0.29) is 5.69 Å². The summed E-state index contributed by atoms with van der Waals surface area (Å²) in [6.45, 7) is 1.19. The van der Waals surface area contributed by atoms with E-state index in [0.717, 1.165) is 6.07 Å². The number of hydrogen-bond acceptors (Lipinski definition) is 3. The lowest BCUT2D eigenvalue weighted by atomic mass is 10.2. The van der Waals surface area contributed by atoms with E-state index in [1.165, 1.54) is 12.1 Å². The first-order valence-corrected chi connectivity index (χ1v) is 5.97. The summed E-state index contributed by atoms with van der Waals surface area (Å²) in [6, 6.07) is 3.83. The third-order valence-corrected chi connectivity index (χ3v) is 3.08. The molecule has 4 nitrogen and oxygen atoms in total. The van der Waals surface area contributed by atoms with Crippen LogP contribution in [-0.2, 0) is 10.0 Å². The van der Waals surface area contributed by atoms with Gasteiger partial charge in [-0.25, -0.2) is 12.8 Å². The Kier molecular flexibility index (Phi) is 3.65. The average molecular weight is 233 g/mol. The lowest BCUT2D eigenvalue weighted by molar-refractivity contribution is 0.320. The van der Waals surface area contributed by atoms with Gasteiger partial charge in [0.1, 0.15) is 5.82 Å². The first-order valence-electron chi connectivity index (χ1n) is 4.32. The second-order valence-corrected chi connectivity index (χ2v) is 4.95. The van der Waals surface area contributed by atoms with Crippen LogP contribution in [0.15, 0.2) is 18.2 Å². The number of sulfonamides is 1. The molecule has 6 heteroatoms. The Labute approximate surface area is 87.8 Å². The van der Waals surface area contributed by atoms with Gasteiger partial charge >= 0.3 is 0 Å². The summed E-state index contributed by atoms with van der Waals surface area (Å²) in [5, 5.41) is 8.51. The minimum Gasteiger partial charge on any atom is -0.395 e. The van der Waals surface area contributed by atoms with Gasteiger partial charge in [0.15, 0.2) is 0 Å². The van der Waals surface area contributed by atoms with E-state index < -0.39 is 28.2 Å². The molecular weight excluding hydrogens is 221 g/mol. The van der Waals surface area contributed by atoms with Crippen molar-refractivity contribution in [1.82, 2.24) is 0 Å². The number of aryl methyl sites for hydroxylation is 1. The van der Waals surface area contributed by atoms with Crippen molar-refractivity contribution in [3.63, 3.8) is 0 Å². The number of hydrogen-bond donors (Lipinski definition) is 2. The van der Waals surface area contributed by atoms with Crippen molar-refractivity contribution in [3.05, 3.63) is 29.6 Å². The van der Waals surface area contributed by atoms with Crippen molar-refractivity contribution in [2.45, 2.75) is 6.92 Å². The number of halogens is 1. The molecule has 0 spiro atoms. The van der Waals surface area contributed by atoms with E-state index in [4.69, 9.17) is 5.11 Å². The molecular formula is C9H12FNO3S. The van der Waals surface area contributed by atoms with E-state index in [2.05, 4.69) is 4.72 Å². The highest BCUT2D eigenvalue weighted by atomic mass is 32.2. The normalized spacial score (nSPS) is 11.4. The van der Waals surface area contributed by atoms with Crippen molar-refractivity contribution in [2.24, 2.45) is 0 Å². The molecule has 0 atom stereocenters. The third-order valence-electron chi connectivity index (χ3n) is 1.83. The number of anilines is 1. The highest BCUT2D eigenvalue weighted by Gasteiger charge is 2.11. The quantitative estimate of drug-likeness (QED) is 0.810. The zero-order valence-electron chi connectivity index (χ0n) is 8.20. The molecule has 0 aromatic heterocycles. The van der Waals surface area contributed by atoms with E-state index >= 15 is 0 Å². The molecule has 0 aliphatic rings. The van der Waals surface area contributed by atoms with Crippen LogP contribution < -0.4 is 4.72 Å². The number of nitrogens with one attached hydrogen (secondary N) is 1. The molecule has 0 unspecified atom stereocenters. The van der Waals surface area contributed by atoms with Gasteiger partial charge in [0.05, 0.1) is 18.0 Å². The minimum absolute atomic E-state index is 0.198. The van der Waals surface area contributed by atoms with Crippen LogP contribution in [0.2, 0.25) is 0 Å². The maximum atomic E-state index is 12.8. The summed E-state index contributed by atoms with van der Waals surface area (Å²) >= 11 is 0. The van der Waals surface area contributed by atoms with Crippen molar-refractivity contribution < 1.29 is 17.9 Å². The van der Waals surface area contributed by atoms with Gasteiger partial charge in [0.2, 0.25) is 10.0 Å². The van der Waals surface area contributed by atoms with Gasteiger partial charge in [-0.3, -0.25) is 4.72 Å². The molecule has 0 amide bonds. The highest BCUT2D eigenvalue weighted by molar-refractivity contribution is 7.92. The molecule has 0 radical (unpaired) electrons. The summed E-state index contributed by atoms with van der Waals surface area (Å²) in [5.41, 5.74) is 0.821. The lowest BCUT2D eigenvalue weighted by Gasteiger charge is -2.09. The minimum atomic E-state index is -3.59. The summed E-state index contributed by atoms with van der Waals surface area (Å²) in [6.07, 6.45) is 0. The van der Waals surface area contributed by atoms with Gasteiger partial charge in [-0.05, 0) is 24.6 Å². The maximum absolute atomic E-state index is 12.8. The number of benzene rings is 1. The number of aliphatic hydroxyl groups excluding tert-OH is 1. The number of rotatable bonds is 4. The Morgan fingerprint density at radius 1 is 1.47 bits per heavy atom. The molecule has 0 bridgehead atoms. The lowest BCUT2D eigenvalue weighted by Crippen LogP contribution is -2.19. The van der Waals surface area contributed by atoms with Crippen LogP contribution in [-0.4, -0.2) is 25.9 Å². The molecule has 0 saturated carbocycles. The van der Waals surface area contributed by atoms with Gasteiger partial charge in [0, 0.05) is 0 Å². The molecule has 2 N–H and O–H groups in total. The monoisotopic (exact) mass is 233 g/mol. The zero-order valence-corrected chi connectivity index (χ0v) is 9.01. The van der Waals surface area contributed by atoms with Gasteiger partial charge in [-0.1, -0.05) is 6.07 Å². The summed E-state index contributed by atoms with van der Waals surface area (Å²) in [7, 11) is -3.59. The van der Waals surface area contributed by atoms with Gasteiger partial charge in [-0.2, -0.15) is 0 Å². The van der Waals surface area contributed by atoms with Crippen molar-refractivity contribution >= 4 is 15.7 Å². The Morgan fingerprint density at radius 2 is 2.13 bits per heavy atom. The molecule has 0 heterocycles. The van der Waals surface area contributed by atoms with E-state index in [0.29, 0.717) is 5.56 Å². The predicted octanol–water partition coefficient (Wildman–Crippen LogP) is 0.868. The molecule has 1 aromatic rings. The molecule has 0 saturated heterocycles. The Balaban J connectivity index is 2.94. The second-order valence-electron chi connectivity index (χ2n) is 3.10. The summed E-state index contributed by atoms with van der Waals surface area (Å²) in [5.74, 6) is -0.912. The molecule has 1 aromatic carbocycles. The van der Waals surface area contributed by atoms with Crippen LogP contribution in [0.5, 0.6) is 0 Å². The third kappa shape index (κ3) is 3.49. The Hall–Kier alpha value is -1.14. The molecule has 0 fully saturated rings. The van der Waals surface area contributed by atoms with Crippen molar-refractivity contribution in [1.29, 1.82) is 0 Å². The predicted molar refractivity (Wildman–Crippen MR) is 55.6 cm³/mol. The number of aliphatic hydroxyl groups is 1. The van der Waals surface area contributed by atoms with Gasteiger partial charge < -0.3 is 5.11 Å². The fourth-order valence-corrected chi connectivity index (χ4v) is 1.94. The first-order chi connectivity index (χ1) is 6.94. The van der Waals surface area contributed by atoms with E-state index in [1.807, 2.05) is 0 Å². The Bertz CT molecular complexity index is 445. The molecule has 0 aliphatic heterocycles. The largest absolute Gasteiger partial charge is 0.395 e. The zero-order chi connectivity index (χ0) is 11.5. The SMILES string of the molecule is Cc1ccc(F)cc1NS(=O)(=O)CCO. The second kappa shape index (κ2) is 4.59. The molecule has 84 valence electrons. The topological polar surface area (TPSA) is 66.4 Å². The molecule has 1 rings (SSSR count). The Morgan fingerprint density at radius 3 is 2.73 bits per heavy atom. The van der Waals surface area contributed by atoms with Crippen LogP contribution in [0.1, 0.15) is 5.56 Å². The van der Waals surface area contributed by atoms with Crippen LogP contribution in [0.3, 0.4) is 0 Å². The summed E-state index contributed by atoms with van der Waals surface area (Å²) in [4.78, 5) is 0. The van der Waals surface area contributed by atoms with E-state index in [9.17, 15) is 12.8 Å². The van der Waals surface area contributed by atoms with Crippen molar-refractivity contribution in [2.75, 3.05) is 17.1 Å². The average Bonchev–Trinajstić information content (AvgIpc) is 2.10. The van der Waals surface area contributed by atoms with Crippen LogP contribution in [0.25, 0.3) is 0 Å². The molecule has 0 aliphatic carbocycles. The first kappa shape index (κ1) is 11.9. The summed E-state index contributed by atoms with van der Waals surface area (Å²) < 4.78 is 37.6. The van der Waals surface area contributed by atoms with E-state index in [1.54, 1.807) is 6.92 Å². The van der Waals surface area contributed by atoms with Crippen LogP contribution >= 0.6 is 0 Å². The molecule has 15 heavy (non-hydrogen) atoms. The maximum Gasteiger partial charge on any atom is 0.235 e. The fourth-order valence-electron chi connectivity index (χ4n) is 1.04. The van der Waals surface area contributed by atoms with Gasteiger partial charge in [-0.15, -0.1) is 0 Å². The van der Waals surface area contributed by atoms with Crippen LogP contribution in [0, 0.1) is 12.7 Å². The highest BCUT2D eigenvalue weighted by Crippen LogP contribution is 2.17. The van der Waals surface area contributed by atoms with Crippen molar-refractivity contribution in [3.8, 4) is 0 Å². The van der Waals surface area contributed by atoms with Gasteiger partial charge in [0.25, 0.3) is 0 Å². The standard InChI is InChI=1S/C9H12FNO3S/c1-7-2-3-8(10)6-9(7)11-15(13,14)5-4-12/h2-3,6,11-12H,4-5H2,1H3. The van der Waals surface area contributed by atoms with Crippen LogP contribution in [0.4, 0.5) is 10.1 Å². The smallest absolute Gasteiger partial charge is 0.235 e.